The third-order valence-corrected chi connectivity index (χ3v) is 4.68. The van der Waals surface area contributed by atoms with E-state index in [0.717, 1.165) is 17.8 Å². The van der Waals surface area contributed by atoms with Crippen molar-refractivity contribution in [3.8, 4) is 0 Å². The lowest BCUT2D eigenvalue weighted by Gasteiger charge is -2.11. The molecule has 0 aliphatic rings. The van der Waals surface area contributed by atoms with Crippen LogP contribution in [0.3, 0.4) is 0 Å². The molecule has 2 rings (SSSR count). The number of aryl methyl sites for hydroxylation is 2. The van der Waals surface area contributed by atoms with Gasteiger partial charge < -0.3 is 10.4 Å². The molecule has 1 atom stereocenters. The number of hydrogen-bond acceptors (Lipinski definition) is 4. The minimum atomic E-state index is -0.991. The standard InChI is InChI=1S/C16H18N2O3S/c1-4-11-5-7-12(8-6-11)14(19)17-10(3)15-18-9(2)13(22-15)16(20)21/h5-8,10H,4H2,1-3H3,(H,17,19)(H,20,21). The van der Waals surface area contributed by atoms with E-state index in [1.54, 1.807) is 26.0 Å². The van der Waals surface area contributed by atoms with Crippen LogP contribution in [-0.2, 0) is 6.42 Å². The van der Waals surface area contributed by atoms with Gasteiger partial charge in [0.25, 0.3) is 5.91 Å². The third-order valence-electron chi connectivity index (χ3n) is 3.35. The Balaban J connectivity index is 2.10. The molecule has 0 aliphatic carbocycles. The number of benzene rings is 1. The van der Waals surface area contributed by atoms with Crippen LogP contribution >= 0.6 is 11.3 Å². The number of thiazole rings is 1. The topological polar surface area (TPSA) is 79.3 Å². The zero-order valence-electron chi connectivity index (χ0n) is 12.7. The number of carbonyl (C=O) groups excluding carboxylic acids is 1. The molecule has 5 nitrogen and oxygen atoms in total. The number of rotatable bonds is 5. The first-order valence-corrected chi connectivity index (χ1v) is 7.84. The van der Waals surface area contributed by atoms with Gasteiger partial charge in [-0.05, 0) is 38.0 Å². The summed E-state index contributed by atoms with van der Waals surface area (Å²) in [6.07, 6.45) is 0.925. The summed E-state index contributed by atoms with van der Waals surface area (Å²) in [4.78, 5) is 27.7. The van der Waals surface area contributed by atoms with Crippen LogP contribution in [-0.4, -0.2) is 22.0 Å². The Hall–Kier alpha value is -2.21. The minimum Gasteiger partial charge on any atom is -0.477 e. The lowest BCUT2D eigenvalue weighted by atomic mass is 10.1. The summed E-state index contributed by atoms with van der Waals surface area (Å²) < 4.78 is 0. The molecule has 0 saturated carbocycles. The summed E-state index contributed by atoms with van der Waals surface area (Å²) >= 11 is 1.09. The number of carbonyl (C=O) groups is 2. The molecule has 6 heteroatoms. The van der Waals surface area contributed by atoms with Crippen LogP contribution in [0.4, 0.5) is 0 Å². The fourth-order valence-electron chi connectivity index (χ4n) is 2.03. The van der Waals surface area contributed by atoms with Crippen molar-refractivity contribution in [1.29, 1.82) is 0 Å². The SMILES string of the molecule is CCc1ccc(C(=O)NC(C)c2nc(C)c(C(=O)O)s2)cc1. The van der Waals surface area contributed by atoms with E-state index in [1.807, 2.05) is 12.1 Å². The molecule has 22 heavy (non-hydrogen) atoms. The Morgan fingerprint density at radius 2 is 1.95 bits per heavy atom. The Labute approximate surface area is 133 Å². The van der Waals surface area contributed by atoms with Crippen molar-refractivity contribution < 1.29 is 14.7 Å². The molecular weight excluding hydrogens is 300 g/mol. The van der Waals surface area contributed by atoms with Gasteiger partial charge in [0.1, 0.15) is 9.88 Å². The smallest absolute Gasteiger partial charge is 0.347 e. The fraction of sp³-hybridized carbons (Fsp3) is 0.312. The van der Waals surface area contributed by atoms with E-state index in [-0.39, 0.29) is 16.8 Å². The second kappa shape index (κ2) is 6.70. The average Bonchev–Trinajstić information content (AvgIpc) is 2.89. The summed E-state index contributed by atoms with van der Waals surface area (Å²) in [6, 6.07) is 7.09. The fourth-order valence-corrected chi connectivity index (χ4v) is 2.94. The Morgan fingerprint density at radius 3 is 2.45 bits per heavy atom. The van der Waals surface area contributed by atoms with Gasteiger partial charge in [0.2, 0.25) is 0 Å². The molecule has 0 bridgehead atoms. The summed E-state index contributed by atoms with van der Waals surface area (Å²) in [5, 5.41) is 12.5. The van der Waals surface area contributed by atoms with Crippen molar-refractivity contribution in [1.82, 2.24) is 10.3 Å². The predicted molar refractivity (Wildman–Crippen MR) is 85.5 cm³/mol. The molecule has 0 spiro atoms. The first-order chi connectivity index (χ1) is 10.4. The second-order valence-electron chi connectivity index (χ2n) is 5.02. The number of amides is 1. The van der Waals surface area contributed by atoms with Gasteiger partial charge in [-0.1, -0.05) is 19.1 Å². The molecular formula is C16H18N2O3S. The van der Waals surface area contributed by atoms with E-state index in [2.05, 4.69) is 17.2 Å². The molecule has 1 amide bonds. The van der Waals surface area contributed by atoms with Gasteiger partial charge in [-0.15, -0.1) is 11.3 Å². The average molecular weight is 318 g/mol. The van der Waals surface area contributed by atoms with Gasteiger partial charge in [-0.2, -0.15) is 0 Å². The van der Waals surface area contributed by atoms with Crippen LogP contribution in [0.5, 0.6) is 0 Å². The predicted octanol–water partition coefficient (Wildman–Crippen LogP) is 3.20. The summed E-state index contributed by atoms with van der Waals surface area (Å²) in [7, 11) is 0. The van der Waals surface area contributed by atoms with Crippen molar-refractivity contribution in [3.63, 3.8) is 0 Å². The van der Waals surface area contributed by atoms with Crippen molar-refractivity contribution in [2.45, 2.75) is 33.2 Å². The van der Waals surface area contributed by atoms with E-state index in [4.69, 9.17) is 5.11 Å². The maximum atomic E-state index is 12.2. The molecule has 116 valence electrons. The number of carboxylic acids is 1. The molecule has 1 aromatic carbocycles. The van der Waals surface area contributed by atoms with Crippen LogP contribution < -0.4 is 5.32 Å². The normalized spacial score (nSPS) is 12.0. The largest absolute Gasteiger partial charge is 0.477 e. The van der Waals surface area contributed by atoms with Crippen LogP contribution in [0.2, 0.25) is 0 Å². The van der Waals surface area contributed by atoms with Crippen LogP contribution in [0.15, 0.2) is 24.3 Å². The van der Waals surface area contributed by atoms with E-state index in [0.29, 0.717) is 16.3 Å². The number of carboxylic acid groups (broad SMARTS) is 1. The highest BCUT2D eigenvalue weighted by Crippen LogP contribution is 2.23. The van der Waals surface area contributed by atoms with Crippen LogP contribution in [0.1, 0.15) is 56.2 Å². The Bertz CT molecular complexity index is 692. The molecule has 0 fully saturated rings. The first kappa shape index (κ1) is 16.2. The molecule has 2 aromatic rings. The molecule has 1 unspecified atom stereocenters. The van der Waals surface area contributed by atoms with Crippen molar-refractivity contribution in [2.24, 2.45) is 0 Å². The number of aromatic carboxylic acids is 1. The number of nitrogens with one attached hydrogen (secondary N) is 1. The van der Waals surface area contributed by atoms with Crippen molar-refractivity contribution >= 4 is 23.2 Å². The maximum Gasteiger partial charge on any atom is 0.347 e. The van der Waals surface area contributed by atoms with E-state index >= 15 is 0 Å². The Kier molecular flexibility index (Phi) is 4.92. The molecule has 0 saturated heterocycles. The lowest BCUT2D eigenvalue weighted by Crippen LogP contribution is -2.26. The second-order valence-corrected chi connectivity index (χ2v) is 6.05. The van der Waals surface area contributed by atoms with Crippen molar-refractivity contribution in [2.75, 3.05) is 0 Å². The number of hydrogen-bond donors (Lipinski definition) is 2. The lowest BCUT2D eigenvalue weighted by molar-refractivity contribution is 0.0701. The van der Waals surface area contributed by atoms with Gasteiger partial charge in [0.05, 0.1) is 11.7 Å². The molecule has 0 aliphatic heterocycles. The van der Waals surface area contributed by atoms with Gasteiger partial charge in [0, 0.05) is 5.56 Å². The molecule has 2 N–H and O–H groups in total. The Morgan fingerprint density at radius 1 is 1.32 bits per heavy atom. The molecule has 1 heterocycles. The highest BCUT2D eigenvalue weighted by molar-refractivity contribution is 7.13. The van der Waals surface area contributed by atoms with Crippen molar-refractivity contribution in [3.05, 3.63) is 51.0 Å². The summed E-state index contributed by atoms with van der Waals surface area (Å²) in [6.45, 7) is 5.51. The van der Waals surface area contributed by atoms with Gasteiger partial charge in [-0.3, -0.25) is 4.79 Å². The van der Waals surface area contributed by atoms with E-state index < -0.39 is 5.97 Å². The zero-order valence-corrected chi connectivity index (χ0v) is 13.5. The summed E-state index contributed by atoms with van der Waals surface area (Å²) in [5.74, 6) is -1.19. The quantitative estimate of drug-likeness (QED) is 0.887. The number of nitrogens with zero attached hydrogens (tertiary/aromatic N) is 1. The van der Waals surface area contributed by atoms with E-state index in [1.165, 1.54) is 5.56 Å². The summed E-state index contributed by atoms with van der Waals surface area (Å²) in [5.41, 5.74) is 2.22. The first-order valence-electron chi connectivity index (χ1n) is 7.02. The number of aromatic nitrogens is 1. The van der Waals surface area contributed by atoms with Gasteiger partial charge in [-0.25, -0.2) is 9.78 Å². The minimum absolute atomic E-state index is 0.195. The van der Waals surface area contributed by atoms with Crippen LogP contribution in [0.25, 0.3) is 0 Å². The van der Waals surface area contributed by atoms with Gasteiger partial charge >= 0.3 is 5.97 Å². The zero-order chi connectivity index (χ0) is 16.3. The van der Waals surface area contributed by atoms with E-state index in [9.17, 15) is 9.59 Å². The molecule has 0 radical (unpaired) electrons. The van der Waals surface area contributed by atoms with Crippen LogP contribution in [0, 0.1) is 6.92 Å². The highest BCUT2D eigenvalue weighted by atomic mass is 32.1. The monoisotopic (exact) mass is 318 g/mol. The van der Waals surface area contributed by atoms with Gasteiger partial charge in [0.15, 0.2) is 0 Å². The third kappa shape index (κ3) is 3.51. The molecule has 1 aromatic heterocycles. The highest BCUT2D eigenvalue weighted by Gasteiger charge is 2.19. The maximum absolute atomic E-state index is 12.2.